The molecule has 348 valence electrons. The first-order valence-electron chi connectivity index (χ1n) is 23.6. The van der Waals surface area contributed by atoms with Gasteiger partial charge in [0.25, 0.3) is 5.91 Å². The normalized spacial score (nSPS) is 15.2. The summed E-state index contributed by atoms with van der Waals surface area (Å²) in [5.74, 6) is -1.03. The van der Waals surface area contributed by atoms with Crippen LogP contribution in [0, 0.1) is 0 Å². The number of carbonyl (C=O) groups excluding carboxylic acids is 4. The highest BCUT2D eigenvalue weighted by molar-refractivity contribution is 7.95. The predicted octanol–water partition coefficient (Wildman–Crippen LogP) is 6.60. The first-order valence-corrected chi connectivity index (χ1v) is 26.1. The van der Waals surface area contributed by atoms with Crippen LogP contribution >= 0.6 is 18.9 Å². The lowest BCUT2D eigenvalue weighted by molar-refractivity contribution is -0.137. The van der Waals surface area contributed by atoms with Crippen LogP contribution in [0.25, 0.3) is 17.0 Å². The summed E-state index contributed by atoms with van der Waals surface area (Å²) in [5, 5.41) is 10.5. The van der Waals surface area contributed by atoms with Crippen LogP contribution in [0.15, 0.2) is 143 Å². The zero-order valence-corrected chi connectivity index (χ0v) is 39.7. The van der Waals surface area contributed by atoms with Gasteiger partial charge in [0.2, 0.25) is 17.7 Å². The van der Waals surface area contributed by atoms with Gasteiger partial charge in [-0.05, 0) is 110 Å². The van der Waals surface area contributed by atoms with E-state index < -0.39 is 24.8 Å². The summed E-state index contributed by atoms with van der Waals surface area (Å²) < 4.78 is 5.92. The summed E-state index contributed by atoms with van der Waals surface area (Å²) in [6, 6.07) is 41.1. The van der Waals surface area contributed by atoms with Gasteiger partial charge in [-0.15, -0.1) is 11.6 Å². The Bertz CT molecular complexity index is 2790. The second-order valence-corrected chi connectivity index (χ2v) is 21.6. The van der Waals surface area contributed by atoms with E-state index in [0.717, 1.165) is 55.3 Å². The molecule has 3 aliphatic rings. The Morgan fingerprint density at radius 3 is 2.01 bits per heavy atom. The number of hydrogen-bond acceptors (Lipinski definition) is 7. The molecule has 4 amide bonds. The second-order valence-electron chi connectivity index (χ2n) is 17.7. The van der Waals surface area contributed by atoms with E-state index in [1.54, 1.807) is 28.0 Å². The average Bonchev–Trinajstić information content (AvgIpc) is 3.39. The fraction of sp³-hybridized carbons (Fsp3) is 0.291. The average molecular weight is 950 g/mol. The van der Waals surface area contributed by atoms with Crippen LogP contribution in [0.1, 0.15) is 58.3 Å². The zero-order chi connectivity index (χ0) is 47.0. The van der Waals surface area contributed by atoms with Crippen molar-refractivity contribution in [2.24, 2.45) is 0 Å². The molecule has 9 rings (SSSR count). The van der Waals surface area contributed by atoms with Crippen molar-refractivity contribution < 1.29 is 23.6 Å². The van der Waals surface area contributed by atoms with Gasteiger partial charge in [0.05, 0.1) is 18.3 Å². The SMILES string of the molecule is O=C(N[C@@H](CCC(=O)N1CCN(C(=O)/C=C/c2cc3cc4c5c(c3oc2=O)CCCN5CCC4)CC1)C(=O)NCC[P+](c1ccccc1)(c1ccccc1)c1ccccc1)c1cccc(CCl)c1. The summed E-state index contributed by atoms with van der Waals surface area (Å²) >= 11 is 6.09. The Balaban J connectivity index is 0.852. The summed E-state index contributed by atoms with van der Waals surface area (Å²) in [6.45, 7) is 3.59. The Labute approximate surface area is 402 Å². The highest BCUT2D eigenvalue weighted by atomic mass is 35.5. The Hall–Kier alpha value is -6.55. The lowest BCUT2D eigenvalue weighted by Gasteiger charge is -2.37. The van der Waals surface area contributed by atoms with Crippen LogP contribution in [0.3, 0.4) is 0 Å². The number of fused-ring (bicyclic) bond motifs is 2. The standard InChI is InChI=1S/C55H55ClN5O6P/c56-38-39-13-10-14-41(35-39)53(64)58-48(54(65)57-27-34-68(44-16-4-1-5-17-44,45-18-6-2-7-19-45)46-20-8-3-9-21-46)24-26-50(63)60-32-30-59(31-33-60)49(62)25-23-42-37-43-36-40-15-11-28-61-29-12-22-47(51(40)61)52(43)67-55(42)66/h1-10,13-14,16-21,23,25,35-37,48H,11-12,15,22,24,26-34,38H2,(H-,57,58,64,65)/p+1/b25-23+/t48-/m0/s1. The van der Waals surface area contributed by atoms with Crippen molar-refractivity contribution in [2.75, 3.05) is 56.9 Å². The van der Waals surface area contributed by atoms with E-state index in [0.29, 0.717) is 55.6 Å². The molecule has 3 aliphatic heterocycles. The van der Waals surface area contributed by atoms with Crippen molar-refractivity contribution in [1.82, 2.24) is 20.4 Å². The first-order chi connectivity index (χ1) is 33.2. The molecule has 0 aliphatic carbocycles. The molecule has 1 aromatic heterocycles. The van der Waals surface area contributed by atoms with E-state index in [-0.39, 0.29) is 36.4 Å². The van der Waals surface area contributed by atoms with Gasteiger partial charge in [-0.3, -0.25) is 19.2 Å². The van der Waals surface area contributed by atoms with Crippen LogP contribution < -0.4 is 37.1 Å². The first kappa shape index (κ1) is 46.6. The maximum absolute atomic E-state index is 14.2. The van der Waals surface area contributed by atoms with Gasteiger partial charge in [-0.1, -0.05) is 66.7 Å². The number of hydrogen-bond donors (Lipinski definition) is 2. The number of benzene rings is 5. The highest BCUT2D eigenvalue weighted by Gasteiger charge is 2.45. The van der Waals surface area contributed by atoms with E-state index in [4.69, 9.17) is 16.0 Å². The molecule has 0 spiro atoms. The molecule has 1 fully saturated rings. The van der Waals surface area contributed by atoms with Crippen molar-refractivity contribution in [3.63, 3.8) is 0 Å². The molecule has 4 heterocycles. The molecule has 1 atom stereocenters. The van der Waals surface area contributed by atoms with Crippen molar-refractivity contribution in [2.45, 2.75) is 50.4 Å². The molecular formula is C55H56ClN5O6P+. The topological polar surface area (TPSA) is 132 Å². The Kier molecular flexibility index (Phi) is 14.5. The number of piperazine rings is 1. The Morgan fingerprint density at radius 2 is 1.37 bits per heavy atom. The molecule has 0 unspecified atom stereocenters. The molecule has 68 heavy (non-hydrogen) atoms. The lowest BCUT2D eigenvalue weighted by atomic mass is 9.90. The summed E-state index contributed by atoms with van der Waals surface area (Å²) in [7, 11) is -2.25. The predicted molar refractivity (Wildman–Crippen MR) is 273 cm³/mol. The minimum atomic E-state index is -2.25. The van der Waals surface area contributed by atoms with Crippen LogP contribution in [-0.4, -0.2) is 91.4 Å². The number of nitrogens with one attached hydrogen (secondary N) is 2. The van der Waals surface area contributed by atoms with Gasteiger partial charge in [-0.2, -0.15) is 0 Å². The number of aryl methyl sites for hydroxylation is 2. The van der Waals surface area contributed by atoms with Crippen molar-refractivity contribution in [1.29, 1.82) is 0 Å². The molecule has 5 aromatic carbocycles. The van der Waals surface area contributed by atoms with Crippen molar-refractivity contribution in [3.05, 3.63) is 172 Å². The molecule has 0 radical (unpaired) electrons. The van der Waals surface area contributed by atoms with Gasteiger partial charge >= 0.3 is 5.63 Å². The van der Waals surface area contributed by atoms with Gasteiger partial charge < -0.3 is 29.8 Å². The quantitative estimate of drug-likeness (QED) is 0.0514. The third kappa shape index (κ3) is 10.0. The highest BCUT2D eigenvalue weighted by Crippen LogP contribution is 2.54. The molecule has 11 nitrogen and oxygen atoms in total. The van der Waals surface area contributed by atoms with Gasteiger partial charge in [0, 0.05) is 79.8 Å². The number of nitrogens with zero attached hydrogens (tertiary/aromatic N) is 3. The second kappa shape index (κ2) is 21.2. The van der Waals surface area contributed by atoms with E-state index >= 15 is 0 Å². The minimum absolute atomic E-state index is 0.00358. The van der Waals surface area contributed by atoms with Crippen LogP contribution in [0.2, 0.25) is 0 Å². The molecule has 2 N–H and O–H groups in total. The fourth-order valence-corrected chi connectivity index (χ4v) is 14.4. The summed E-state index contributed by atoms with van der Waals surface area (Å²) in [6.07, 6.45) is 7.62. The Morgan fingerprint density at radius 1 is 0.735 bits per heavy atom. The third-order valence-electron chi connectivity index (χ3n) is 13.5. The van der Waals surface area contributed by atoms with Crippen molar-refractivity contribution >= 4 is 81.1 Å². The zero-order valence-electron chi connectivity index (χ0n) is 38.1. The van der Waals surface area contributed by atoms with Crippen LogP contribution in [-0.2, 0) is 33.1 Å². The molecular weight excluding hydrogens is 893 g/mol. The summed E-state index contributed by atoms with van der Waals surface area (Å²) in [5.41, 5.74) is 5.25. The van der Waals surface area contributed by atoms with Crippen LogP contribution in [0.5, 0.6) is 0 Å². The number of carbonyl (C=O) groups is 4. The third-order valence-corrected chi connectivity index (χ3v) is 18.3. The number of anilines is 1. The van der Waals surface area contributed by atoms with Gasteiger partial charge in [0.15, 0.2) is 0 Å². The van der Waals surface area contributed by atoms with Gasteiger partial charge in [-0.25, -0.2) is 4.79 Å². The van der Waals surface area contributed by atoms with E-state index in [2.05, 4.69) is 58.0 Å². The molecule has 6 aromatic rings. The van der Waals surface area contributed by atoms with E-state index in [1.165, 1.54) is 39.3 Å². The minimum Gasteiger partial charge on any atom is -0.422 e. The van der Waals surface area contributed by atoms with E-state index in [9.17, 15) is 24.0 Å². The maximum atomic E-state index is 14.2. The van der Waals surface area contributed by atoms with Crippen molar-refractivity contribution in [3.8, 4) is 0 Å². The molecule has 0 saturated carbocycles. The van der Waals surface area contributed by atoms with Crippen LogP contribution in [0.4, 0.5) is 5.69 Å². The largest absolute Gasteiger partial charge is 0.422 e. The maximum Gasteiger partial charge on any atom is 0.343 e. The molecule has 13 heteroatoms. The smallest absolute Gasteiger partial charge is 0.343 e. The number of amides is 4. The number of rotatable bonds is 15. The van der Waals surface area contributed by atoms with E-state index in [1.807, 2.05) is 66.7 Å². The summed E-state index contributed by atoms with van der Waals surface area (Å²) in [4.78, 5) is 74.1. The fourth-order valence-electron chi connectivity index (χ4n) is 10.1. The molecule has 1 saturated heterocycles. The molecule has 0 bridgehead atoms. The monoisotopic (exact) mass is 948 g/mol. The number of alkyl halides is 1. The number of halogens is 1. The van der Waals surface area contributed by atoms with Gasteiger partial charge in [0.1, 0.15) is 34.8 Å². The lowest BCUT2D eigenvalue weighted by Crippen LogP contribution is -2.51.